The van der Waals surface area contributed by atoms with Crippen molar-refractivity contribution in [1.29, 1.82) is 5.41 Å². The summed E-state index contributed by atoms with van der Waals surface area (Å²) in [6, 6.07) is 6.84. The molecule has 3 aromatic rings. The van der Waals surface area contributed by atoms with Crippen LogP contribution in [0.3, 0.4) is 0 Å². The van der Waals surface area contributed by atoms with Gasteiger partial charge in [0.25, 0.3) is 0 Å². The standard InChI is InChI=1S/C24H24F3N7O/c1-24(2,3)31-12-17(21(28)19-6-7-30-22(29)33-19)13-8-15(26)10-16(9-13)32-23(35)34-20-11-14(25)4-5-18(20)27/h4-12,28,31H,1-3H3,(H2,29,30,33)(H2,32,34,35)/b17-12-,28-21?. The van der Waals surface area contributed by atoms with Crippen molar-refractivity contribution >= 4 is 34.6 Å². The van der Waals surface area contributed by atoms with Crippen LogP contribution in [-0.4, -0.2) is 27.2 Å². The largest absolute Gasteiger partial charge is 0.386 e. The minimum atomic E-state index is -0.914. The maximum absolute atomic E-state index is 14.5. The van der Waals surface area contributed by atoms with Crippen molar-refractivity contribution in [3.63, 3.8) is 0 Å². The number of nitrogens with zero attached hydrogens (tertiary/aromatic N) is 2. The summed E-state index contributed by atoms with van der Waals surface area (Å²) in [5.41, 5.74) is 5.56. The maximum Gasteiger partial charge on any atom is 0.323 e. The van der Waals surface area contributed by atoms with Gasteiger partial charge >= 0.3 is 6.03 Å². The van der Waals surface area contributed by atoms with Gasteiger partial charge in [-0.3, -0.25) is 5.41 Å². The van der Waals surface area contributed by atoms with Crippen LogP contribution in [0.4, 0.5) is 35.3 Å². The molecule has 0 aliphatic carbocycles. The summed E-state index contributed by atoms with van der Waals surface area (Å²) >= 11 is 0. The van der Waals surface area contributed by atoms with Gasteiger partial charge in [-0.1, -0.05) is 0 Å². The van der Waals surface area contributed by atoms with Crippen LogP contribution < -0.4 is 21.7 Å². The molecule has 0 unspecified atom stereocenters. The van der Waals surface area contributed by atoms with Crippen molar-refractivity contribution in [2.24, 2.45) is 0 Å². The molecule has 3 rings (SSSR count). The van der Waals surface area contributed by atoms with E-state index in [1.165, 1.54) is 24.4 Å². The summed E-state index contributed by atoms with van der Waals surface area (Å²) in [6.45, 7) is 5.71. The van der Waals surface area contributed by atoms with Crippen LogP contribution in [0.15, 0.2) is 54.9 Å². The second-order valence-corrected chi connectivity index (χ2v) is 8.56. The SMILES string of the molecule is CC(C)(C)N/C=C(\C(=N)c1ccnc(N)n1)c1cc(F)cc(NC(=O)Nc2cc(F)ccc2F)c1. The molecule has 1 heterocycles. The topological polar surface area (TPSA) is 129 Å². The van der Waals surface area contributed by atoms with Gasteiger partial charge < -0.3 is 21.7 Å². The number of nitrogens with two attached hydrogens (primary N) is 1. The number of amides is 2. The Kier molecular flexibility index (Phi) is 7.38. The fourth-order valence-electron chi connectivity index (χ4n) is 2.93. The van der Waals surface area contributed by atoms with E-state index in [0.717, 1.165) is 24.3 Å². The molecule has 0 fully saturated rings. The van der Waals surface area contributed by atoms with E-state index in [1.54, 1.807) is 6.20 Å². The highest BCUT2D eigenvalue weighted by molar-refractivity contribution is 6.29. The first-order valence-electron chi connectivity index (χ1n) is 10.4. The first kappa shape index (κ1) is 25.2. The van der Waals surface area contributed by atoms with Gasteiger partial charge in [-0.05, 0) is 62.7 Å². The molecule has 6 N–H and O–H groups in total. The lowest BCUT2D eigenvalue weighted by Crippen LogP contribution is -2.32. The fraction of sp³-hybridized carbons (Fsp3) is 0.167. The Morgan fingerprint density at radius 1 is 1.03 bits per heavy atom. The lowest BCUT2D eigenvalue weighted by Gasteiger charge is -2.21. The van der Waals surface area contributed by atoms with E-state index in [1.807, 2.05) is 20.8 Å². The molecule has 2 amide bonds. The van der Waals surface area contributed by atoms with Crippen molar-refractivity contribution < 1.29 is 18.0 Å². The number of rotatable bonds is 6. The minimum Gasteiger partial charge on any atom is -0.386 e. The van der Waals surface area contributed by atoms with Crippen LogP contribution in [0.25, 0.3) is 5.57 Å². The van der Waals surface area contributed by atoms with Gasteiger partial charge in [-0.25, -0.2) is 27.9 Å². The Labute approximate surface area is 200 Å². The molecule has 2 aromatic carbocycles. The first-order chi connectivity index (χ1) is 16.4. The molecule has 1 aromatic heterocycles. The zero-order valence-corrected chi connectivity index (χ0v) is 19.2. The van der Waals surface area contributed by atoms with E-state index < -0.39 is 23.5 Å². The summed E-state index contributed by atoms with van der Waals surface area (Å²) in [6.07, 6.45) is 2.94. The van der Waals surface area contributed by atoms with Crippen LogP contribution in [0.2, 0.25) is 0 Å². The van der Waals surface area contributed by atoms with Crippen molar-refractivity contribution in [1.82, 2.24) is 15.3 Å². The van der Waals surface area contributed by atoms with Gasteiger partial charge in [0.2, 0.25) is 5.95 Å². The average Bonchev–Trinajstić information content (AvgIpc) is 2.75. The van der Waals surface area contributed by atoms with E-state index in [4.69, 9.17) is 11.1 Å². The molecule has 0 atom stereocenters. The normalized spacial score (nSPS) is 11.7. The van der Waals surface area contributed by atoms with E-state index in [-0.39, 0.29) is 45.4 Å². The second kappa shape index (κ2) is 10.2. The number of aromatic nitrogens is 2. The van der Waals surface area contributed by atoms with Crippen molar-refractivity contribution in [2.75, 3.05) is 16.4 Å². The number of anilines is 3. The molecule has 0 spiro atoms. The minimum absolute atomic E-state index is 0.0194. The summed E-state index contributed by atoms with van der Waals surface area (Å²) < 4.78 is 41.8. The van der Waals surface area contributed by atoms with E-state index in [9.17, 15) is 18.0 Å². The number of hydrogen-bond donors (Lipinski definition) is 5. The van der Waals surface area contributed by atoms with Crippen LogP contribution in [0, 0.1) is 22.9 Å². The summed E-state index contributed by atoms with van der Waals surface area (Å²) in [5, 5.41) is 16.4. The number of nitrogen functional groups attached to an aromatic ring is 1. The number of nitrogens with one attached hydrogen (secondary N) is 4. The Balaban J connectivity index is 1.94. The van der Waals surface area contributed by atoms with E-state index >= 15 is 0 Å². The van der Waals surface area contributed by atoms with Gasteiger partial charge in [0.05, 0.1) is 17.1 Å². The molecular formula is C24H24F3N7O. The maximum atomic E-state index is 14.5. The summed E-state index contributed by atoms with van der Waals surface area (Å²) in [5.74, 6) is -2.30. The van der Waals surface area contributed by atoms with Crippen molar-refractivity contribution in [3.05, 3.63) is 83.6 Å². The number of benzene rings is 2. The Hall–Kier alpha value is -4.41. The second-order valence-electron chi connectivity index (χ2n) is 8.56. The highest BCUT2D eigenvalue weighted by Crippen LogP contribution is 2.25. The molecule has 8 nitrogen and oxygen atoms in total. The monoisotopic (exact) mass is 483 g/mol. The molecule has 0 aliphatic heterocycles. The highest BCUT2D eigenvalue weighted by Gasteiger charge is 2.17. The predicted octanol–water partition coefficient (Wildman–Crippen LogP) is 4.92. The molecule has 11 heteroatoms. The van der Waals surface area contributed by atoms with Crippen LogP contribution in [0.5, 0.6) is 0 Å². The van der Waals surface area contributed by atoms with Crippen LogP contribution in [0.1, 0.15) is 32.0 Å². The first-order valence-corrected chi connectivity index (χ1v) is 10.4. The quantitative estimate of drug-likeness (QED) is 0.318. The zero-order chi connectivity index (χ0) is 25.8. The Morgan fingerprint density at radius 3 is 2.46 bits per heavy atom. The van der Waals surface area contributed by atoms with Gasteiger partial charge in [-0.15, -0.1) is 0 Å². The van der Waals surface area contributed by atoms with Gasteiger partial charge in [0.15, 0.2) is 0 Å². The fourth-order valence-corrected chi connectivity index (χ4v) is 2.93. The third-order valence-electron chi connectivity index (χ3n) is 4.49. The lowest BCUT2D eigenvalue weighted by atomic mass is 9.98. The van der Waals surface area contributed by atoms with E-state index in [0.29, 0.717) is 0 Å². The van der Waals surface area contributed by atoms with E-state index in [2.05, 4.69) is 25.9 Å². The summed E-state index contributed by atoms with van der Waals surface area (Å²) in [4.78, 5) is 20.2. The summed E-state index contributed by atoms with van der Waals surface area (Å²) in [7, 11) is 0. The van der Waals surface area contributed by atoms with Crippen LogP contribution in [-0.2, 0) is 0 Å². The number of allylic oxidation sites excluding steroid dienone is 1. The number of carbonyl (C=O) groups is 1. The average molecular weight is 483 g/mol. The predicted molar refractivity (Wildman–Crippen MR) is 130 cm³/mol. The Bertz CT molecular complexity index is 1300. The lowest BCUT2D eigenvalue weighted by molar-refractivity contribution is 0.262. The van der Waals surface area contributed by atoms with Gasteiger partial charge in [-0.2, -0.15) is 0 Å². The Morgan fingerprint density at radius 2 is 1.77 bits per heavy atom. The molecule has 0 saturated heterocycles. The van der Waals surface area contributed by atoms with Crippen LogP contribution >= 0.6 is 0 Å². The smallest absolute Gasteiger partial charge is 0.323 e. The van der Waals surface area contributed by atoms with Gasteiger partial charge in [0.1, 0.15) is 17.5 Å². The molecule has 0 bridgehead atoms. The van der Waals surface area contributed by atoms with Crippen molar-refractivity contribution in [3.8, 4) is 0 Å². The molecule has 0 aliphatic rings. The third-order valence-corrected chi connectivity index (χ3v) is 4.49. The molecule has 0 radical (unpaired) electrons. The third kappa shape index (κ3) is 7.03. The molecule has 0 saturated carbocycles. The molecule has 182 valence electrons. The molecular weight excluding hydrogens is 459 g/mol. The number of halogens is 3. The zero-order valence-electron chi connectivity index (χ0n) is 19.2. The van der Waals surface area contributed by atoms with Gasteiger partial charge in [0, 0.05) is 35.3 Å². The number of carbonyl (C=O) groups excluding carboxylic acids is 1. The number of urea groups is 1. The highest BCUT2D eigenvalue weighted by atomic mass is 19.1. The van der Waals surface area contributed by atoms with Crippen molar-refractivity contribution in [2.45, 2.75) is 26.3 Å². The molecule has 35 heavy (non-hydrogen) atoms. The number of hydrogen-bond acceptors (Lipinski definition) is 6.